The molecule has 0 fully saturated rings. The SMILES string of the molecule is Cc1ccccc1CNC(=O)CNC(=O)c1ccc(Cl)cc1. The Morgan fingerprint density at radius 3 is 2.36 bits per heavy atom. The maximum atomic E-state index is 11.9. The molecule has 0 saturated carbocycles. The molecule has 4 nitrogen and oxygen atoms in total. The fourth-order valence-corrected chi connectivity index (χ4v) is 2.05. The minimum absolute atomic E-state index is 0.0622. The van der Waals surface area contributed by atoms with E-state index in [2.05, 4.69) is 10.6 Å². The zero-order chi connectivity index (χ0) is 15.9. The van der Waals surface area contributed by atoms with Crippen molar-refractivity contribution < 1.29 is 9.59 Å². The normalized spacial score (nSPS) is 10.1. The first kappa shape index (κ1) is 16.0. The highest BCUT2D eigenvalue weighted by atomic mass is 35.5. The van der Waals surface area contributed by atoms with Gasteiger partial charge in [-0.15, -0.1) is 0 Å². The molecule has 0 spiro atoms. The fraction of sp³-hybridized carbons (Fsp3) is 0.176. The highest BCUT2D eigenvalue weighted by Crippen LogP contribution is 2.09. The Balaban J connectivity index is 1.79. The predicted molar refractivity (Wildman–Crippen MR) is 86.8 cm³/mol. The van der Waals surface area contributed by atoms with Crippen molar-refractivity contribution in [3.05, 3.63) is 70.2 Å². The van der Waals surface area contributed by atoms with E-state index in [1.165, 1.54) is 0 Å². The number of halogens is 1. The number of rotatable bonds is 5. The zero-order valence-corrected chi connectivity index (χ0v) is 13.0. The summed E-state index contributed by atoms with van der Waals surface area (Å²) >= 11 is 5.76. The standard InChI is InChI=1S/C17H17ClN2O2/c1-12-4-2-3-5-14(12)10-19-16(21)11-20-17(22)13-6-8-15(18)9-7-13/h2-9H,10-11H2,1H3,(H,19,21)(H,20,22). The van der Waals surface area contributed by atoms with E-state index >= 15 is 0 Å². The molecule has 0 aliphatic heterocycles. The van der Waals surface area contributed by atoms with Crippen molar-refractivity contribution in [2.75, 3.05) is 6.54 Å². The smallest absolute Gasteiger partial charge is 0.251 e. The summed E-state index contributed by atoms with van der Waals surface area (Å²) in [7, 11) is 0. The molecule has 0 saturated heterocycles. The van der Waals surface area contributed by atoms with Crippen LogP contribution in [0.4, 0.5) is 0 Å². The number of amides is 2. The van der Waals surface area contributed by atoms with E-state index in [0.717, 1.165) is 11.1 Å². The summed E-state index contributed by atoms with van der Waals surface area (Å²) < 4.78 is 0. The Labute approximate surface area is 134 Å². The van der Waals surface area contributed by atoms with E-state index in [4.69, 9.17) is 11.6 Å². The van der Waals surface area contributed by atoms with Gasteiger partial charge in [0.1, 0.15) is 0 Å². The second kappa shape index (κ2) is 7.61. The summed E-state index contributed by atoms with van der Waals surface area (Å²) in [5, 5.41) is 5.92. The van der Waals surface area contributed by atoms with Crippen molar-refractivity contribution in [1.82, 2.24) is 10.6 Å². The summed E-state index contributed by atoms with van der Waals surface area (Å²) in [6.07, 6.45) is 0. The molecule has 2 rings (SSSR count). The highest BCUT2D eigenvalue weighted by Gasteiger charge is 2.08. The summed E-state index contributed by atoms with van der Waals surface area (Å²) in [4.78, 5) is 23.6. The van der Waals surface area contributed by atoms with Gasteiger partial charge < -0.3 is 10.6 Å². The first-order valence-electron chi connectivity index (χ1n) is 6.91. The van der Waals surface area contributed by atoms with Crippen LogP contribution in [0, 0.1) is 6.92 Å². The summed E-state index contributed by atoms with van der Waals surface area (Å²) in [6.45, 7) is 2.37. The Kier molecular flexibility index (Phi) is 5.55. The number of hydrogen-bond donors (Lipinski definition) is 2. The lowest BCUT2D eigenvalue weighted by atomic mass is 10.1. The number of hydrogen-bond acceptors (Lipinski definition) is 2. The Hall–Kier alpha value is -2.33. The lowest BCUT2D eigenvalue weighted by Crippen LogP contribution is -2.36. The Morgan fingerprint density at radius 1 is 1.00 bits per heavy atom. The number of carbonyl (C=O) groups excluding carboxylic acids is 2. The van der Waals surface area contributed by atoms with Crippen LogP contribution in [-0.4, -0.2) is 18.4 Å². The van der Waals surface area contributed by atoms with Crippen molar-refractivity contribution in [3.8, 4) is 0 Å². The fourth-order valence-electron chi connectivity index (χ4n) is 1.93. The molecule has 0 heterocycles. The third-order valence-corrected chi connectivity index (χ3v) is 3.51. The second-order valence-corrected chi connectivity index (χ2v) is 5.33. The maximum absolute atomic E-state index is 11.9. The topological polar surface area (TPSA) is 58.2 Å². The minimum atomic E-state index is -0.303. The van der Waals surface area contributed by atoms with Gasteiger partial charge in [-0.05, 0) is 42.3 Å². The number of benzene rings is 2. The van der Waals surface area contributed by atoms with Gasteiger partial charge in [0, 0.05) is 17.1 Å². The largest absolute Gasteiger partial charge is 0.350 e. The van der Waals surface area contributed by atoms with E-state index < -0.39 is 0 Å². The molecule has 2 N–H and O–H groups in total. The maximum Gasteiger partial charge on any atom is 0.251 e. The van der Waals surface area contributed by atoms with Crippen molar-refractivity contribution in [2.45, 2.75) is 13.5 Å². The van der Waals surface area contributed by atoms with Crippen LogP contribution in [0.15, 0.2) is 48.5 Å². The third-order valence-electron chi connectivity index (χ3n) is 3.25. The van der Waals surface area contributed by atoms with E-state index in [-0.39, 0.29) is 18.4 Å². The molecule has 0 aliphatic rings. The van der Waals surface area contributed by atoms with E-state index in [1.54, 1.807) is 24.3 Å². The molecule has 22 heavy (non-hydrogen) atoms. The first-order valence-corrected chi connectivity index (χ1v) is 7.29. The van der Waals surface area contributed by atoms with Gasteiger partial charge in [-0.2, -0.15) is 0 Å². The summed E-state index contributed by atoms with van der Waals surface area (Å²) in [5.41, 5.74) is 2.64. The molecular weight excluding hydrogens is 300 g/mol. The number of aryl methyl sites for hydroxylation is 1. The molecule has 2 aromatic carbocycles. The predicted octanol–water partition coefficient (Wildman–Crippen LogP) is 2.69. The van der Waals surface area contributed by atoms with Crippen LogP contribution < -0.4 is 10.6 Å². The molecule has 114 valence electrons. The molecule has 2 amide bonds. The molecule has 0 radical (unpaired) electrons. The minimum Gasteiger partial charge on any atom is -0.350 e. The van der Waals surface area contributed by atoms with Crippen LogP contribution >= 0.6 is 11.6 Å². The van der Waals surface area contributed by atoms with Crippen LogP contribution in [0.25, 0.3) is 0 Å². The van der Waals surface area contributed by atoms with Gasteiger partial charge in [0.15, 0.2) is 0 Å². The number of carbonyl (C=O) groups is 2. The molecule has 0 atom stereocenters. The van der Waals surface area contributed by atoms with Crippen molar-refractivity contribution >= 4 is 23.4 Å². The van der Waals surface area contributed by atoms with Crippen LogP contribution in [-0.2, 0) is 11.3 Å². The molecular formula is C17H17ClN2O2. The van der Waals surface area contributed by atoms with Gasteiger partial charge in [0.2, 0.25) is 5.91 Å². The third kappa shape index (κ3) is 4.60. The molecule has 2 aromatic rings. The van der Waals surface area contributed by atoms with Gasteiger partial charge in [-0.1, -0.05) is 35.9 Å². The van der Waals surface area contributed by atoms with Gasteiger partial charge in [-0.25, -0.2) is 0 Å². The quantitative estimate of drug-likeness (QED) is 0.891. The zero-order valence-electron chi connectivity index (χ0n) is 12.2. The molecule has 0 unspecified atom stereocenters. The van der Waals surface area contributed by atoms with Gasteiger partial charge in [0.25, 0.3) is 5.91 Å². The number of nitrogens with one attached hydrogen (secondary N) is 2. The van der Waals surface area contributed by atoms with Gasteiger partial charge >= 0.3 is 0 Å². The van der Waals surface area contributed by atoms with Crippen LogP contribution in [0.5, 0.6) is 0 Å². The summed E-state index contributed by atoms with van der Waals surface area (Å²) in [6, 6.07) is 14.3. The average molecular weight is 317 g/mol. The Morgan fingerprint density at radius 2 is 1.68 bits per heavy atom. The van der Waals surface area contributed by atoms with Crippen molar-refractivity contribution in [1.29, 1.82) is 0 Å². The summed E-state index contributed by atoms with van der Waals surface area (Å²) in [5.74, 6) is -0.534. The lowest BCUT2D eigenvalue weighted by molar-refractivity contribution is -0.120. The van der Waals surface area contributed by atoms with E-state index in [1.807, 2.05) is 31.2 Å². The highest BCUT2D eigenvalue weighted by molar-refractivity contribution is 6.30. The Bertz CT molecular complexity index is 669. The van der Waals surface area contributed by atoms with Gasteiger partial charge in [-0.3, -0.25) is 9.59 Å². The van der Waals surface area contributed by atoms with Crippen molar-refractivity contribution in [3.63, 3.8) is 0 Å². The monoisotopic (exact) mass is 316 g/mol. The van der Waals surface area contributed by atoms with E-state index in [9.17, 15) is 9.59 Å². The van der Waals surface area contributed by atoms with Crippen LogP contribution in [0.3, 0.4) is 0 Å². The lowest BCUT2D eigenvalue weighted by Gasteiger charge is -2.09. The second-order valence-electron chi connectivity index (χ2n) is 4.89. The molecule has 0 aliphatic carbocycles. The van der Waals surface area contributed by atoms with Crippen molar-refractivity contribution in [2.24, 2.45) is 0 Å². The first-order chi connectivity index (χ1) is 10.6. The van der Waals surface area contributed by atoms with E-state index in [0.29, 0.717) is 17.1 Å². The molecule has 5 heteroatoms. The van der Waals surface area contributed by atoms with Gasteiger partial charge in [0.05, 0.1) is 6.54 Å². The average Bonchev–Trinajstić information content (AvgIpc) is 2.52. The van der Waals surface area contributed by atoms with Crippen LogP contribution in [0.1, 0.15) is 21.5 Å². The molecule has 0 aromatic heterocycles. The van der Waals surface area contributed by atoms with Crippen LogP contribution in [0.2, 0.25) is 5.02 Å². The molecule has 0 bridgehead atoms.